The highest BCUT2D eigenvalue weighted by molar-refractivity contribution is 6.11. The third kappa shape index (κ3) is 1.76. The van der Waals surface area contributed by atoms with Crippen LogP contribution in [0.3, 0.4) is 0 Å². The second kappa shape index (κ2) is 4.74. The fourth-order valence-electron chi connectivity index (χ4n) is 3.14. The van der Waals surface area contributed by atoms with Gasteiger partial charge in [-0.15, -0.1) is 0 Å². The first-order valence-electron chi connectivity index (χ1n) is 7.31. The lowest BCUT2D eigenvalue weighted by Gasteiger charge is -2.08. The second-order valence-corrected chi connectivity index (χ2v) is 5.18. The molecule has 0 bridgehead atoms. The standard InChI is InChI=1S/C19H16N2/c1-2-21-17-11-7-6-10-15(17)16-12-13-20-18(19(16)21)14-8-4-3-5-9-14/h3-13H,2H2,1H3. The fourth-order valence-corrected chi connectivity index (χ4v) is 3.14. The van der Waals surface area contributed by atoms with E-state index in [1.807, 2.05) is 12.3 Å². The largest absolute Gasteiger partial charge is 0.339 e. The molecule has 2 heterocycles. The predicted molar refractivity (Wildman–Crippen MR) is 88.3 cm³/mol. The Hall–Kier alpha value is -2.61. The molecule has 0 unspecified atom stereocenters. The second-order valence-electron chi connectivity index (χ2n) is 5.18. The van der Waals surface area contributed by atoms with Gasteiger partial charge >= 0.3 is 0 Å². The summed E-state index contributed by atoms with van der Waals surface area (Å²) in [6.07, 6.45) is 1.91. The molecule has 0 saturated carbocycles. The fraction of sp³-hybridized carbons (Fsp3) is 0.105. The Morgan fingerprint density at radius 3 is 2.43 bits per heavy atom. The van der Waals surface area contributed by atoms with Gasteiger partial charge in [0.1, 0.15) is 0 Å². The van der Waals surface area contributed by atoms with Crippen LogP contribution in [0.25, 0.3) is 33.1 Å². The minimum Gasteiger partial charge on any atom is -0.339 e. The Balaban J connectivity index is 2.19. The zero-order chi connectivity index (χ0) is 14.2. The van der Waals surface area contributed by atoms with Gasteiger partial charge in [-0.3, -0.25) is 4.98 Å². The van der Waals surface area contributed by atoms with Crippen molar-refractivity contribution in [2.24, 2.45) is 0 Å². The summed E-state index contributed by atoms with van der Waals surface area (Å²) in [5.41, 5.74) is 4.74. The average Bonchev–Trinajstić information content (AvgIpc) is 2.89. The minimum atomic E-state index is 0.940. The third-order valence-electron chi connectivity index (χ3n) is 4.04. The van der Waals surface area contributed by atoms with Crippen molar-refractivity contribution in [1.29, 1.82) is 0 Å². The number of hydrogen-bond donors (Lipinski definition) is 0. The minimum absolute atomic E-state index is 0.940. The number of aromatic nitrogens is 2. The van der Waals surface area contributed by atoms with Gasteiger partial charge in [-0.05, 0) is 19.1 Å². The molecule has 0 atom stereocenters. The molecule has 2 aromatic carbocycles. The summed E-state index contributed by atoms with van der Waals surface area (Å²) in [4.78, 5) is 4.66. The number of pyridine rings is 1. The Kier molecular flexibility index (Phi) is 2.74. The maximum absolute atomic E-state index is 4.66. The van der Waals surface area contributed by atoms with Crippen LogP contribution in [0.4, 0.5) is 0 Å². The van der Waals surface area contributed by atoms with E-state index in [1.54, 1.807) is 0 Å². The number of rotatable bonds is 2. The molecule has 2 nitrogen and oxygen atoms in total. The van der Waals surface area contributed by atoms with E-state index < -0.39 is 0 Å². The first-order valence-corrected chi connectivity index (χ1v) is 7.31. The Morgan fingerprint density at radius 2 is 1.62 bits per heavy atom. The van der Waals surface area contributed by atoms with Crippen molar-refractivity contribution in [3.8, 4) is 11.3 Å². The maximum Gasteiger partial charge on any atom is 0.0945 e. The van der Waals surface area contributed by atoms with Gasteiger partial charge in [0.05, 0.1) is 11.2 Å². The quantitative estimate of drug-likeness (QED) is 0.508. The Morgan fingerprint density at radius 1 is 0.857 bits per heavy atom. The van der Waals surface area contributed by atoms with Crippen LogP contribution >= 0.6 is 0 Å². The number of fused-ring (bicyclic) bond motifs is 3. The summed E-state index contributed by atoms with van der Waals surface area (Å²) in [6.45, 7) is 3.13. The van der Waals surface area contributed by atoms with E-state index >= 15 is 0 Å². The van der Waals surface area contributed by atoms with E-state index in [9.17, 15) is 0 Å². The molecule has 0 N–H and O–H groups in total. The zero-order valence-electron chi connectivity index (χ0n) is 12.0. The van der Waals surface area contributed by atoms with Crippen molar-refractivity contribution in [3.63, 3.8) is 0 Å². The molecule has 0 aliphatic heterocycles. The molecule has 0 amide bonds. The molecule has 0 aliphatic carbocycles. The van der Waals surface area contributed by atoms with Gasteiger partial charge in [0, 0.05) is 34.6 Å². The summed E-state index contributed by atoms with van der Waals surface area (Å²) in [5.74, 6) is 0. The highest BCUT2D eigenvalue weighted by atomic mass is 15.0. The van der Waals surface area contributed by atoms with E-state index in [-0.39, 0.29) is 0 Å². The molecule has 4 aromatic rings. The van der Waals surface area contributed by atoms with Crippen LogP contribution < -0.4 is 0 Å². The first-order chi connectivity index (χ1) is 10.4. The van der Waals surface area contributed by atoms with Gasteiger partial charge in [-0.2, -0.15) is 0 Å². The summed E-state index contributed by atoms with van der Waals surface area (Å²) in [5, 5.41) is 2.58. The topological polar surface area (TPSA) is 17.8 Å². The van der Waals surface area contributed by atoms with Crippen molar-refractivity contribution >= 4 is 21.8 Å². The van der Waals surface area contributed by atoms with Crippen LogP contribution in [0.2, 0.25) is 0 Å². The molecule has 0 fully saturated rings. The SMILES string of the molecule is CCn1c2ccccc2c2ccnc(-c3ccccc3)c21. The molecular formula is C19H16N2. The summed E-state index contributed by atoms with van der Waals surface area (Å²) < 4.78 is 2.36. The van der Waals surface area contributed by atoms with Crippen LogP contribution in [-0.2, 0) is 6.54 Å². The summed E-state index contributed by atoms with van der Waals surface area (Å²) in [6, 6.07) is 21.1. The maximum atomic E-state index is 4.66. The molecule has 0 saturated heterocycles. The number of hydrogen-bond acceptors (Lipinski definition) is 1. The van der Waals surface area contributed by atoms with E-state index in [4.69, 9.17) is 0 Å². The highest BCUT2D eigenvalue weighted by Crippen LogP contribution is 2.34. The van der Waals surface area contributed by atoms with Gasteiger partial charge in [-0.25, -0.2) is 0 Å². The van der Waals surface area contributed by atoms with Crippen molar-refractivity contribution in [1.82, 2.24) is 9.55 Å². The summed E-state index contributed by atoms with van der Waals surface area (Å²) in [7, 11) is 0. The molecule has 102 valence electrons. The Bertz CT molecular complexity index is 920. The predicted octanol–water partition coefficient (Wildman–Crippen LogP) is 4.88. The van der Waals surface area contributed by atoms with Crippen molar-refractivity contribution < 1.29 is 0 Å². The van der Waals surface area contributed by atoms with E-state index in [1.165, 1.54) is 27.4 Å². The lowest BCUT2D eigenvalue weighted by Crippen LogP contribution is -1.96. The average molecular weight is 272 g/mol. The van der Waals surface area contributed by atoms with Crippen LogP contribution in [-0.4, -0.2) is 9.55 Å². The molecule has 21 heavy (non-hydrogen) atoms. The zero-order valence-corrected chi connectivity index (χ0v) is 12.0. The monoisotopic (exact) mass is 272 g/mol. The molecular weight excluding hydrogens is 256 g/mol. The van der Waals surface area contributed by atoms with Gasteiger partial charge in [-0.1, -0.05) is 48.5 Å². The molecule has 4 rings (SSSR count). The lowest BCUT2D eigenvalue weighted by atomic mass is 10.1. The van der Waals surface area contributed by atoms with Crippen molar-refractivity contribution in [2.45, 2.75) is 13.5 Å². The number of benzene rings is 2. The van der Waals surface area contributed by atoms with Crippen molar-refractivity contribution in [2.75, 3.05) is 0 Å². The van der Waals surface area contributed by atoms with E-state index in [2.05, 4.69) is 71.1 Å². The van der Waals surface area contributed by atoms with Crippen LogP contribution in [0.15, 0.2) is 66.9 Å². The van der Waals surface area contributed by atoms with Gasteiger partial charge in [0.2, 0.25) is 0 Å². The number of para-hydroxylation sites is 1. The third-order valence-corrected chi connectivity index (χ3v) is 4.04. The normalized spacial score (nSPS) is 11.3. The first kappa shape index (κ1) is 12.2. The van der Waals surface area contributed by atoms with Crippen LogP contribution in [0.5, 0.6) is 0 Å². The van der Waals surface area contributed by atoms with E-state index in [0.717, 1.165) is 12.2 Å². The van der Waals surface area contributed by atoms with Gasteiger partial charge in [0.25, 0.3) is 0 Å². The molecule has 0 radical (unpaired) electrons. The number of nitrogens with zero attached hydrogens (tertiary/aromatic N) is 2. The molecule has 0 spiro atoms. The van der Waals surface area contributed by atoms with Gasteiger partial charge in [0.15, 0.2) is 0 Å². The molecule has 0 aliphatic rings. The highest BCUT2D eigenvalue weighted by Gasteiger charge is 2.14. The molecule has 2 heteroatoms. The Labute approximate surface area is 123 Å². The smallest absolute Gasteiger partial charge is 0.0945 e. The van der Waals surface area contributed by atoms with Crippen molar-refractivity contribution in [3.05, 3.63) is 66.9 Å². The van der Waals surface area contributed by atoms with Crippen LogP contribution in [0, 0.1) is 0 Å². The molecule has 2 aromatic heterocycles. The lowest BCUT2D eigenvalue weighted by molar-refractivity contribution is 0.826. The number of aryl methyl sites for hydroxylation is 1. The summed E-state index contributed by atoms with van der Waals surface area (Å²) >= 11 is 0. The van der Waals surface area contributed by atoms with Gasteiger partial charge < -0.3 is 4.57 Å². The van der Waals surface area contributed by atoms with Crippen LogP contribution in [0.1, 0.15) is 6.92 Å². The van der Waals surface area contributed by atoms with E-state index in [0.29, 0.717) is 0 Å².